The molecule has 2 aromatic rings. The molecule has 1 heterocycles. The minimum atomic E-state index is 0.308. The summed E-state index contributed by atoms with van der Waals surface area (Å²) in [5, 5.41) is 10.8. The van der Waals surface area contributed by atoms with Crippen LogP contribution in [0, 0.1) is 0 Å². The van der Waals surface area contributed by atoms with Gasteiger partial charge in [-0.3, -0.25) is 0 Å². The third-order valence-corrected chi connectivity index (χ3v) is 1.70. The molecule has 0 aliphatic rings. The van der Waals surface area contributed by atoms with Crippen molar-refractivity contribution in [3.63, 3.8) is 0 Å². The minimum Gasteiger partial charge on any atom is -0.421 e. The number of nitrogens with two attached hydrogens (primary N) is 1. The lowest BCUT2D eigenvalue weighted by Crippen LogP contribution is -1.98. The van der Waals surface area contributed by atoms with Crippen LogP contribution in [-0.4, -0.2) is 20.2 Å². The molecule has 2 rings (SSSR count). The number of rotatable bonds is 2. The van der Waals surface area contributed by atoms with E-state index < -0.39 is 0 Å². The molecule has 0 bridgehead atoms. The Kier molecular flexibility index (Phi) is 2.02. The summed E-state index contributed by atoms with van der Waals surface area (Å²) in [5.74, 6) is 0.547. The highest BCUT2D eigenvalue weighted by Crippen LogP contribution is 2.24. The van der Waals surface area contributed by atoms with Gasteiger partial charge in [-0.15, -0.1) is 0 Å². The Labute approximate surface area is 80.3 Å². The molecule has 0 amide bonds. The molecule has 0 aliphatic heterocycles. The van der Waals surface area contributed by atoms with E-state index in [1.165, 1.54) is 4.68 Å². The lowest BCUT2D eigenvalue weighted by molar-refractivity contribution is 0.416. The van der Waals surface area contributed by atoms with Crippen LogP contribution in [0.3, 0.4) is 0 Å². The van der Waals surface area contributed by atoms with Gasteiger partial charge in [-0.2, -0.15) is 4.68 Å². The van der Waals surface area contributed by atoms with Gasteiger partial charge in [0.05, 0.1) is 5.69 Å². The van der Waals surface area contributed by atoms with Gasteiger partial charge in [-0.1, -0.05) is 17.2 Å². The summed E-state index contributed by atoms with van der Waals surface area (Å²) in [4.78, 5) is 0. The first kappa shape index (κ1) is 8.49. The lowest BCUT2D eigenvalue weighted by Gasteiger charge is -2.04. The number of nitrogen functional groups attached to an aromatic ring is 1. The third-order valence-electron chi connectivity index (χ3n) is 1.70. The average molecular weight is 191 g/mol. The number of para-hydroxylation sites is 2. The summed E-state index contributed by atoms with van der Waals surface area (Å²) in [6, 6.07) is 7.47. The fourth-order valence-electron chi connectivity index (χ4n) is 0.980. The monoisotopic (exact) mass is 191 g/mol. The van der Waals surface area contributed by atoms with Gasteiger partial charge in [0.2, 0.25) is 0 Å². The molecule has 0 radical (unpaired) electrons. The van der Waals surface area contributed by atoms with Crippen molar-refractivity contribution in [3.8, 4) is 11.8 Å². The van der Waals surface area contributed by atoms with Crippen LogP contribution in [0.4, 0.5) is 5.69 Å². The molecule has 1 aromatic heterocycles. The van der Waals surface area contributed by atoms with Crippen molar-refractivity contribution in [1.82, 2.24) is 20.2 Å². The summed E-state index contributed by atoms with van der Waals surface area (Å²) in [6.45, 7) is 0. The Balaban J connectivity index is 2.28. The van der Waals surface area contributed by atoms with Crippen LogP contribution in [0.5, 0.6) is 11.8 Å². The van der Waals surface area contributed by atoms with Crippen LogP contribution in [0.15, 0.2) is 24.3 Å². The van der Waals surface area contributed by atoms with E-state index >= 15 is 0 Å². The van der Waals surface area contributed by atoms with E-state index in [1.807, 2.05) is 12.1 Å². The van der Waals surface area contributed by atoms with Gasteiger partial charge in [0.15, 0.2) is 5.75 Å². The van der Waals surface area contributed by atoms with E-state index in [-0.39, 0.29) is 0 Å². The third kappa shape index (κ3) is 1.49. The first-order valence-corrected chi connectivity index (χ1v) is 4.02. The second-order valence-electron chi connectivity index (χ2n) is 2.72. The standard InChI is InChI=1S/C8H9N5O/c1-13-8(10-11-12-13)14-7-5-3-2-4-6(7)9/h2-5H,9H2,1H3. The second-order valence-corrected chi connectivity index (χ2v) is 2.72. The number of hydrogen-bond acceptors (Lipinski definition) is 5. The van der Waals surface area contributed by atoms with Crippen LogP contribution in [-0.2, 0) is 7.05 Å². The van der Waals surface area contributed by atoms with Crippen LogP contribution >= 0.6 is 0 Å². The molecule has 0 fully saturated rings. The molecular formula is C8H9N5O. The van der Waals surface area contributed by atoms with Crippen molar-refractivity contribution in [3.05, 3.63) is 24.3 Å². The van der Waals surface area contributed by atoms with Gasteiger partial charge < -0.3 is 10.5 Å². The van der Waals surface area contributed by atoms with Crippen molar-refractivity contribution in [1.29, 1.82) is 0 Å². The highest BCUT2D eigenvalue weighted by Gasteiger charge is 2.06. The zero-order valence-corrected chi connectivity index (χ0v) is 7.58. The Bertz CT molecular complexity index is 439. The lowest BCUT2D eigenvalue weighted by atomic mass is 10.3. The van der Waals surface area contributed by atoms with Gasteiger partial charge >= 0.3 is 6.01 Å². The number of nitrogens with zero attached hydrogens (tertiary/aromatic N) is 4. The maximum absolute atomic E-state index is 5.68. The number of hydrogen-bond donors (Lipinski definition) is 1. The predicted molar refractivity (Wildman–Crippen MR) is 49.7 cm³/mol. The first-order chi connectivity index (χ1) is 6.77. The summed E-state index contributed by atoms with van der Waals surface area (Å²) < 4.78 is 6.80. The number of aromatic nitrogens is 4. The molecule has 72 valence electrons. The Morgan fingerprint density at radius 1 is 1.36 bits per heavy atom. The molecule has 0 saturated carbocycles. The number of aryl methyl sites for hydroxylation is 1. The summed E-state index contributed by atoms with van der Waals surface area (Å²) >= 11 is 0. The zero-order valence-electron chi connectivity index (χ0n) is 7.58. The molecule has 2 N–H and O–H groups in total. The van der Waals surface area contributed by atoms with Crippen LogP contribution in [0.25, 0.3) is 0 Å². The highest BCUT2D eigenvalue weighted by molar-refractivity contribution is 5.52. The van der Waals surface area contributed by atoms with Crippen LogP contribution < -0.4 is 10.5 Å². The molecular weight excluding hydrogens is 182 g/mol. The number of tetrazole rings is 1. The van der Waals surface area contributed by atoms with Gasteiger partial charge in [-0.25, -0.2) is 0 Å². The SMILES string of the molecule is Cn1nnnc1Oc1ccccc1N. The highest BCUT2D eigenvalue weighted by atomic mass is 16.5. The first-order valence-electron chi connectivity index (χ1n) is 4.02. The van der Waals surface area contributed by atoms with Crippen molar-refractivity contribution < 1.29 is 4.74 Å². The zero-order chi connectivity index (χ0) is 9.97. The maximum atomic E-state index is 5.68. The van der Waals surface area contributed by atoms with Crippen molar-refractivity contribution in [2.24, 2.45) is 7.05 Å². The Morgan fingerprint density at radius 2 is 2.14 bits per heavy atom. The Morgan fingerprint density at radius 3 is 2.79 bits per heavy atom. The number of anilines is 1. The van der Waals surface area contributed by atoms with E-state index in [9.17, 15) is 0 Å². The molecule has 6 heteroatoms. The quantitative estimate of drug-likeness (QED) is 0.702. The topological polar surface area (TPSA) is 78.8 Å². The maximum Gasteiger partial charge on any atom is 0.340 e. The predicted octanol–water partition coefficient (Wildman–Crippen LogP) is 0.585. The van der Waals surface area contributed by atoms with Gasteiger partial charge in [0, 0.05) is 7.05 Å². The van der Waals surface area contributed by atoms with Crippen LogP contribution in [0.1, 0.15) is 0 Å². The molecule has 0 spiro atoms. The number of benzene rings is 1. The molecule has 0 saturated heterocycles. The average Bonchev–Trinajstić information content (AvgIpc) is 2.56. The molecule has 1 aromatic carbocycles. The molecule has 6 nitrogen and oxygen atoms in total. The minimum absolute atomic E-state index is 0.308. The normalized spacial score (nSPS) is 10.1. The van der Waals surface area contributed by atoms with E-state index in [0.717, 1.165) is 0 Å². The number of ether oxygens (including phenoxy) is 1. The molecule has 0 atom stereocenters. The van der Waals surface area contributed by atoms with Gasteiger partial charge in [0.25, 0.3) is 0 Å². The fourth-order valence-corrected chi connectivity index (χ4v) is 0.980. The van der Waals surface area contributed by atoms with Crippen molar-refractivity contribution >= 4 is 5.69 Å². The fraction of sp³-hybridized carbons (Fsp3) is 0.125. The second kappa shape index (κ2) is 3.33. The molecule has 0 aliphatic carbocycles. The molecule has 0 unspecified atom stereocenters. The van der Waals surface area contributed by atoms with Crippen molar-refractivity contribution in [2.75, 3.05) is 5.73 Å². The van der Waals surface area contributed by atoms with E-state index in [2.05, 4.69) is 15.5 Å². The summed E-state index contributed by atoms with van der Waals surface area (Å²) in [6.07, 6.45) is 0. The van der Waals surface area contributed by atoms with Crippen molar-refractivity contribution in [2.45, 2.75) is 0 Å². The van der Waals surface area contributed by atoms with Gasteiger partial charge in [-0.05, 0) is 22.6 Å². The smallest absolute Gasteiger partial charge is 0.340 e. The Hall–Kier alpha value is -2.11. The summed E-state index contributed by atoms with van der Waals surface area (Å²) in [7, 11) is 1.69. The van der Waals surface area contributed by atoms with E-state index in [4.69, 9.17) is 10.5 Å². The van der Waals surface area contributed by atoms with E-state index in [1.54, 1.807) is 19.2 Å². The van der Waals surface area contributed by atoms with Gasteiger partial charge in [0.1, 0.15) is 0 Å². The largest absolute Gasteiger partial charge is 0.421 e. The van der Waals surface area contributed by atoms with Crippen LogP contribution in [0.2, 0.25) is 0 Å². The molecule has 14 heavy (non-hydrogen) atoms. The van der Waals surface area contributed by atoms with E-state index in [0.29, 0.717) is 17.4 Å². The summed E-state index contributed by atoms with van der Waals surface area (Å²) in [5.41, 5.74) is 6.24.